The number of benzene rings is 1. The lowest BCUT2D eigenvalue weighted by Crippen LogP contribution is -2.33. The molecule has 1 aliphatic rings. The molecule has 84 valence electrons. The van der Waals surface area contributed by atoms with E-state index in [1.54, 1.807) is 12.3 Å². The van der Waals surface area contributed by atoms with Crippen LogP contribution >= 0.6 is 0 Å². The fourth-order valence-corrected chi connectivity index (χ4v) is 2.08. The van der Waals surface area contributed by atoms with Crippen LogP contribution in [0.3, 0.4) is 0 Å². The number of ether oxygens (including phenoxy) is 1. The third-order valence-electron chi connectivity index (χ3n) is 2.82. The molecule has 1 fully saturated rings. The molecular formula is C12H12FNO2. The predicted octanol–water partition coefficient (Wildman–Crippen LogP) is 2.23. The molecule has 3 nitrogen and oxygen atoms in total. The Labute approximate surface area is 92.2 Å². The second kappa shape index (κ2) is 3.88. The van der Waals surface area contributed by atoms with E-state index in [1.165, 1.54) is 12.1 Å². The van der Waals surface area contributed by atoms with Crippen LogP contribution in [0.5, 0.6) is 0 Å². The van der Waals surface area contributed by atoms with Gasteiger partial charge in [0.05, 0.1) is 19.0 Å². The Balaban J connectivity index is 2.09. The SMILES string of the molecule is Fc1cc(C2CNCCO2)c2occc2c1. The number of halogens is 1. The molecule has 0 saturated carbocycles. The van der Waals surface area contributed by atoms with Crippen molar-refractivity contribution in [1.29, 1.82) is 0 Å². The van der Waals surface area contributed by atoms with Crippen molar-refractivity contribution >= 4 is 11.0 Å². The maximum Gasteiger partial charge on any atom is 0.139 e. The van der Waals surface area contributed by atoms with Crippen molar-refractivity contribution in [2.75, 3.05) is 19.7 Å². The average molecular weight is 221 g/mol. The van der Waals surface area contributed by atoms with Crippen molar-refractivity contribution < 1.29 is 13.5 Å². The summed E-state index contributed by atoms with van der Waals surface area (Å²) in [6, 6.07) is 4.72. The minimum Gasteiger partial charge on any atom is -0.464 e. The summed E-state index contributed by atoms with van der Waals surface area (Å²) in [4.78, 5) is 0. The van der Waals surface area contributed by atoms with Crippen LogP contribution in [0.25, 0.3) is 11.0 Å². The highest BCUT2D eigenvalue weighted by Crippen LogP contribution is 2.29. The van der Waals surface area contributed by atoms with Gasteiger partial charge < -0.3 is 14.5 Å². The van der Waals surface area contributed by atoms with Gasteiger partial charge in [0.1, 0.15) is 11.4 Å². The van der Waals surface area contributed by atoms with Crippen LogP contribution in [0.2, 0.25) is 0 Å². The van der Waals surface area contributed by atoms with Crippen LogP contribution in [-0.4, -0.2) is 19.7 Å². The van der Waals surface area contributed by atoms with E-state index < -0.39 is 0 Å². The number of nitrogens with one attached hydrogen (secondary N) is 1. The van der Waals surface area contributed by atoms with Crippen molar-refractivity contribution in [2.24, 2.45) is 0 Å². The van der Waals surface area contributed by atoms with Crippen LogP contribution < -0.4 is 5.32 Å². The van der Waals surface area contributed by atoms with Crippen molar-refractivity contribution in [2.45, 2.75) is 6.10 Å². The summed E-state index contributed by atoms with van der Waals surface area (Å²) in [5.41, 5.74) is 1.50. The molecule has 2 heterocycles. The van der Waals surface area contributed by atoms with Crippen LogP contribution in [0, 0.1) is 5.82 Å². The highest BCUT2D eigenvalue weighted by Gasteiger charge is 2.20. The maximum absolute atomic E-state index is 13.4. The van der Waals surface area contributed by atoms with Crippen molar-refractivity contribution in [3.05, 3.63) is 35.8 Å². The third-order valence-corrected chi connectivity index (χ3v) is 2.82. The van der Waals surface area contributed by atoms with E-state index in [0.29, 0.717) is 13.2 Å². The zero-order chi connectivity index (χ0) is 11.0. The third kappa shape index (κ3) is 1.60. The molecule has 1 N–H and O–H groups in total. The minimum absolute atomic E-state index is 0.127. The summed E-state index contributed by atoms with van der Waals surface area (Å²) in [6.45, 7) is 2.18. The molecule has 1 atom stereocenters. The van der Waals surface area contributed by atoms with E-state index >= 15 is 0 Å². The normalized spacial score (nSPS) is 21.4. The molecule has 1 aliphatic heterocycles. The monoisotopic (exact) mass is 221 g/mol. The Morgan fingerprint density at radius 1 is 1.38 bits per heavy atom. The average Bonchev–Trinajstić information content (AvgIpc) is 2.77. The van der Waals surface area contributed by atoms with Gasteiger partial charge in [-0.05, 0) is 18.2 Å². The first-order valence-corrected chi connectivity index (χ1v) is 5.33. The van der Waals surface area contributed by atoms with Gasteiger partial charge in [-0.1, -0.05) is 0 Å². The van der Waals surface area contributed by atoms with Gasteiger partial charge in [0.15, 0.2) is 0 Å². The Bertz CT molecular complexity index is 503. The zero-order valence-corrected chi connectivity index (χ0v) is 8.70. The first-order valence-electron chi connectivity index (χ1n) is 5.33. The van der Waals surface area contributed by atoms with E-state index in [2.05, 4.69) is 5.32 Å². The van der Waals surface area contributed by atoms with Crippen molar-refractivity contribution in [1.82, 2.24) is 5.32 Å². The highest BCUT2D eigenvalue weighted by atomic mass is 19.1. The lowest BCUT2D eigenvalue weighted by Gasteiger charge is -2.24. The zero-order valence-electron chi connectivity index (χ0n) is 8.70. The van der Waals surface area contributed by atoms with E-state index in [0.717, 1.165) is 23.1 Å². The lowest BCUT2D eigenvalue weighted by molar-refractivity contribution is 0.0279. The summed E-state index contributed by atoms with van der Waals surface area (Å²) < 4.78 is 24.4. The second-order valence-corrected chi connectivity index (χ2v) is 3.90. The topological polar surface area (TPSA) is 34.4 Å². The molecule has 3 rings (SSSR count). The largest absolute Gasteiger partial charge is 0.464 e. The van der Waals surface area contributed by atoms with E-state index in [1.807, 2.05) is 0 Å². The van der Waals surface area contributed by atoms with Crippen molar-refractivity contribution in [3.8, 4) is 0 Å². The summed E-state index contributed by atoms with van der Waals surface area (Å²) in [5.74, 6) is -0.252. The minimum atomic E-state index is -0.252. The van der Waals surface area contributed by atoms with Gasteiger partial charge >= 0.3 is 0 Å². The molecular weight excluding hydrogens is 209 g/mol. The van der Waals surface area contributed by atoms with E-state index in [4.69, 9.17) is 9.15 Å². The Morgan fingerprint density at radius 3 is 3.12 bits per heavy atom. The summed E-state index contributed by atoms with van der Waals surface area (Å²) in [6.07, 6.45) is 1.45. The standard InChI is InChI=1S/C12H12FNO2/c13-9-5-8-1-3-16-12(8)10(6-9)11-7-14-2-4-15-11/h1,3,5-6,11,14H,2,4,7H2. The first kappa shape index (κ1) is 9.81. The number of hydrogen-bond acceptors (Lipinski definition) is 3. The molecule has 0 bridgehead atoms. The first-order chi connectivity index (χ1) is 7.84. The molecule has 2 aromatic rings. The number of furan rings is 1. The van der Waals surface area contributed by atoms with Crippen LogP contribution in [-0.2, 0) is 4.74 Å². The molecule has 1 aromatic heterocycles. The van der Waals surface area contributed by atoms with Crippen LogP contribution in [0.4, 0.5) is 4.39 Å². The lowest BCUT2D eigenvalue weighted by atomic mass is 10.1. The molecule has 0 aliphatic carbocycles. The van der Waals surface area contributed by atoms with Gasteiger partial charge in [0.2, 0.25) is 0 Å². The number of rotatable bonds is 1. The van der Waals surface area contributed by atoms with Gasteiger partial charge in [0.25, 0.3) is 0 Å². The smallest absolute Gasteiger partial charge is 0.139 e. The highest BCUT2D eigenvalue weighted by molar-refractivity contribution is 5.80. The molecule has 4 heteroatoms. The second-order valence-electron chi connectivity index (χ2n) is 3.90. The van der Waals surface area contributed by atoms with Gasteiger partial charge in [0, 0.05) is 24.0 Å². The van der Waals surface area contributed by atoms with Gasteiger partial charge in [-0.25, -0.2) is 4.39 Å². The molecule has 0 spiro atoms. The Morgan fingerprint density at radius 2 is 2.31 bits per heavy atom. The molecule has 0 radical (unpaired) electrons. The number of morpholine rings is 1. The molecule has 1 aromatic carbocycles. The van der Waals surface area contributed by atoms with Crippen molar-refractivity contribution in [3.63, 3.8) is 0 Å². The van der Waals surface area contributed by atoms with Gasteiger partial charge in [-0.3, -0.25) is 0 Å². The summed E-state index contributed by atoms with van der Waals surface area (Å²) in [7, 11) is 0. The Hall–Kier alpha value is -1.39. The van der Waals surface area contributed by atoms with Crippen LogP contribution in [0.1, 0.15) is 11.7 Å². The summed E-state index contributed by atoms with van der Waals surface area (Å²) in [5, 5.41) is 4.00. The fraction of sp³-hybridized carbons (Fsp3) is 0.333. The van der Waals surface area contributed by atoms with Crippen LogP contribution in [0.15, 0.2) is 28.9 Å². The molecule has 1 unspecified atom stereocenters. The van der Waals surface area contributed by atoms with Gasteiger partial charge in [-0.2, -0.15) is 0 Å². The number of fused-ring (bicyclic) bond motifs is 1. The summed E-state index contributed by atoms with van der Waals surface area (Å²) >= 11 is 0. The Kier molecular flexibility index (Phi) is 2.38. The molecule has 16 heavy (non-hydrogen) atoms. The van der Waals surface area contributed by atoms with E-state index in [9.17, 15) is 4.39 Å². The maximum atomic E-state index is 13.4. The number of hydrogen-bond donors (Lipinski definition) is 1. The predicted molar refractivity (Wildman–Crippen MR) is 57.7 cm³/mol. The fourth-order valence-electron chi connectivity index (χ4n) is 2.08. The van der Waals surface area contributed by atoms with E-state index in [-0.39, 0.29) is 11.9 Å². The molecule has 0 amide bonds. The quantitative estimate of drug-likeness (QED) is 0.801. The molecule has 1 saturated heterocycles. The van der Waals surface area contributed by atoms with Gasteiger partial charge in [-0.15, -0.1) is 0 Å².